The Morgan fingerprint density at radius 1 is 1.15 bits per heavy atom. The number of carbonyl (C=O) groups is 2. The van der Waals surface area contributed by atoms with Crippen LogP contribution in [0.1, 0.15) is 75.2 Å². The molecule has 216 valence electrons. The molecule has 4 rings (SSSR count). The van der Waals surface area contributed by atoms with Crippen molar-refractivity contribution in [2.24, 2.45) is 23.0 Å². The average molecular weight is 569 g/mol. The normalized spacial score (nSPS) is 25.3. The molecular weight excluding hydrogens is 540 g/mol. The second-order valence-corrected chi connectivity index (χ2v) is 10.7. The largest absolute Gasteiger partial charge is 0.403 e. The number of nitrogens with two attached hydrogens (primary N) is 1. The average Bonchev–Trinajstić information content (AvgIpc) is 3.44. The summed E-state index contributed by atoms with van der Waals surface area (Å²) in [6.45, 7) is 1.56. The van der Waals surface area contributed by atoms with E-state index in [1.165, 1.54) is 6.07 Å². The smallest absolute Gasteiger partial charge is 0.369 e. The third-order valence-electron chi connectivity index (χ3n) is 8.02. The van der Waals surface area contributed by atoms with Gasteiger partial charge in [-0.15, -0.1) is 0 Å². The van der Waals surface area contributed by atoms with Gasteiger partial charge in [-0.05, 0) is 55.7 Å². The lowest BCUT2D eigenvalue weighted by Gasteiger charge is -2.34. The van der Waals surface area contributed by atoms with Gasteiger partial charge in [-0.2, -0.15) is 26.3 Å². The molecule has 39 heavy (non-hydrogen) atoms. The fourth-order valence-corrected chi connectivity index (χ4v) is 5.76. The van der Waals surface area contributed by atoms with Crippen molar-refractivity contribution in [3.8, 4) is 0 Å². The molecule has 1 heterocycles. The Kier molecular flexibility index (Phi) is 7.39. The SMILES string of the molecule is C[C@@H](NC(=O)CCC(F)(F)F)c1ccc2nc([C@@H](C3CCC(F)(F)CC3)C3CC3(C(N)=O)C(F)(F)F)[nH]c2c1. The van der Waals surface area contributed by atoms with E-state index in [2.05, 4.69) is 15.3 Å². The molecule has 2 aliphatic carbocycles. The van der Waals surface area contributed by atoms with E-state index >= 15 is 0 Å². The number of hydrogen-bond acceptors (Lipinski definition) is 3. The maximum absolute atomic E-state index is 14.0. The highest BCUT2D eigenvalue weighted by atomic mass is 19.4. The van der Waals surface area contributed by atoms with Crippen LogP contribution in [0, 0.1) is 17.3 Å². The lowest BCUT2D eigenvalue weighted by molar-refractivity contribution is -0.195. The summed E-state index contributed by atoms with van der Waals surface area (Å²) >= 11 is 0. The first-order chi connectivity index (χ1) is 17.9. The van der Waals surface area contributed by atoms with Gasteiger partial charge in [0.2, 0.25) is 17.7 Å². The van der Waals surface area contributed by atoms with E-state index in [9.17, 15) is 44.7 Å². The van der Waals surface area contributed by atoms with Gasteiger partial charge in [-0.1, -0.05) is 6.07 Å². The van der Waals surface area contributed by atoms with E-state index in [-0.39, 0.29) is 18.7 Å². The molecule has 0 spiro atoms. The molecule has 0 bridgehead atoms. The van der Waals surface area contributed by atoms with Crippen molar-refractivity contribution in [2.75, 3.05) is 0 Å². The minimum Gasteiger partial charge on any atom is -0.369 e. The third kappa shape index (κ3) is 5.98. The van der Waals surface area contributed by atoms with Crippen molar-refractivity contribution in [1.29, 1.82) is 0 Å². The van der Waals surface area contributed by atoms with Crippen molar-refractivity contribution >= 4 is 22.8 Å². The van der Waals surface area contributed by atoms with Crippen LogP contribution >= 0.6 is 0 Å². The van der Waals surface area contributed by atoms with Gasteiger partial charge in [0.1, 0.15) is 11.2 Å². The molecule has 2 amide bonds. The van der Waals surface area contributed by atoms with Gasteiger partial charge >= 0.3 is 12.4 Å². The van der Waals surface area contributed by atoms with Gasteiger partial charge in [0.15, 0.2) is 0 Å². The van der Waals surface area contributed by atoms with Crippen molar-refractivity contribution in [3.63, 3.8) is 0 Å². The molecule has 2 aromatic rings. The lowest BCUT2D eigenvalue weighted by atomic mass is 9.74. The molecule has 2 unspecified atom stereocenters. The van der Waals surface area contributed by atoms with Gasteiger partial charge in [-0.3, -0.25) is 9.59 Å². The summed E-state index contributed by atoms with van der Waals surface area (Å²) in [4.78, 5) is 31.3. The fraction of sp³-hybridized carbons (Fsp3) is 0.640. The molecule has 4 N–H and O–H groups in total. The third-order valence-corrected chi connectivity index (χ3v) is 8.02. The Morgan fingerprint density at radius 3 is 2.33 bits per heavy atom. The first-order valence-corrected chi connectivity index (χ1v) is 12.5. The maximum atomic E-state index is 14.0. The van der Waals surface area contributed by atoms with Gasteiger partial charge in [0.25, 0.3) is 0 Å². The van der Waals surface area contributed by atoms with Gasteiger partial charge < -0.3 is 16.0 Å². The number of amides is 2. The maximum Gasteiger partial charge on any atom is 0.403 e. The number of hydrogen-bond donors (Lipinski definition) is 3. The highest BCUT2D eigenvalue weighted by Gasteiger charge is 2.77. The topological polar surface area (TPSA) is 101 Å². The van der Waals surface area contributed by atoms with Crippen molar-refractivity contribution < 1.29 is 44.7 Å². The van der Waals surface area contributed by atoms with Crippen molar-refractivity contribution in [1.82, 2.24) is 15.3 Å². The number of H-pyrrole nitrogens is 1. The number of alkyl halides is 8. The van der Waals surface area contributed by atoms with Crippen LogP contribution in [0.25, 0.3) is 11.0 Å². The number of halogens is 8. The zero-order chi connectivity index (χ0) is 29.0. The summed E-state index contributed by atoms with van der Waals surface area (Å²) < 4.78 is 107. The molecule has 0 radical (unpaired) electrons. The molecule has 14 heteroatoms. The van der Waals surface area contributed by atoms with E-state index in [4.69, 9.17) is 5.73 Å². The predicted octanol–water partition coefficient (Wildman–Crippen LogP) is 6.05. The van der Waals surface area contributed by atoms with Crippen LogP contribution in [0.2, 0.25) is 0 Å². The second kappa shape index (κ2) is 9.92. The Hall–Kier alpha value is -2.93. The molecule has 2 fully saturated rings. The van der Waals surface area contributed by atoms with Crippen LogP contribution in [-0.4, -0.2) is 40.1 Å². The van der Waals surface area contributed by atoms with Gasteiger partial charge in [0.05, 0.1) is 23.5 Å². The van der Waals surface area contributed by atoms with Crippen LogP contribution in [0.4, 0.5) is 35.1 Å². The predicted molar refractivity (Wildman–Crippen MR) is 123 cm³/mol. The quantitative estimate of drug-likeness (QED) is 0.338. The van der Waals surface area contributed by atoms with Gasteiger partial charge in [-0.25, -0.2) is 13.8 Å². The molecule has 4 atom stereocenters. The molecule has 1 aromatic heterocycles. The Labute approximate surface area is 218 Å². The zero-order valence-corrected chi connectivity index (χ0v) is 20.9. The number of nitrogens with one attached hydrogen (secondary N) is 2. The molecule has 2 aliphatic rings. The molecule has 6 nitrogen and oxygen atoms in total. The van der Waals surface area contributed by atoms with Crippen LogP contribution < -0.4 is 11.1 Å². The Balaban J connectivity index is 1.61. The van der Waals surface area contributed by atoms with E-state index in [1.807, 2.05) is 0 Å². The molecule has 2 saturated carbocycles. The number of benzene rings is 1. The lowest BCUT2D eigenvalue weighted by Crippen LogP contribution is -2.41. The number of nitrogens with zero attached hydrogens (tertiary/aromatic N) is 1. The van der Waals surface area contributed by atoms with E-state index in [0.29, 0.717) is 16.6 Å². The number of rotatable bonds is 8. The highest BCUT2D eigenvalue weighted by Crippen LogP contribution is 2.68. The first-order valence-electron chi connectivity index (χ1n) is 12.5. The summed E-state index contributed by atoms with van der Waals surface area (Å²) in [5.41, 5.74) is 3.67. The van der Waals surface area contributed by atoms with Gasteiger partial charge in [0, 0.05) is 25.2 Å². The van der Waals surface area contributed by atoms with E-state index < -0.39 is 91.4 Å². The molecule has 0 saturated heterocycles. The number of imidazole rings is 1. The van der Waals surface area contributed by atoms with Crippen LogP contribution in [0.3, 0.4) is 0 Å². The first kappa shape index (κ1) is 29.1. The van der Waals surface area contributed by atoms with Crippen LogP contribution in [0.15, 0.2) is 18.2 Å². The standard InChI is InChI=1S/C25H28F8N4O2/c1-12(35-18(38)6-9-24(28,29)30)14-2-3-16-17(10-14)37-20(36-16)19(13-4-7-22(26,27)8-5-13)15-11-23(15,21(34)39)25(31,32)33/h2-3,10,12-13,15,19H,4-9,11H2,1H3,(H2,34,39)(H,35,38)(H,36,37)/t12-,15?,19+,23?/m1/s1. The number of fused-ring (bicyclic) bond motifs is 1. The summed E-state index contributed by atoms with van der Waals surface area (Å²) in [5.74, 6) is -7.95. The monoisotopic (exact) mass is 568 g/mol. The number of primary amides is 1. The minimum absolute atomic E-state index is 0.0514. The zero-order valence-electron chi connectivity index (χ0n) is 20.9. The fourth-order valence-electron chi connectivity index (χ4n) is 5.76. The second-order valence-electron chi connectivity index (χ2n) is 10.7. The summed E-state index contributed by atoms with van der Waals surface area (Å²) in [5, 5.41) is 2.47. The van der Waals surface area contributed by atoms with Crippen molar-refractivity contribution in [3.05, 3.63) is 29.6 Å². The number of carbonyl (C=O) groups excluding carboxylic acids is 2. The highest BCUT2D eigenvalue weighted by molar-refractivity contribution is 5.86. The number of aromatic amines is 1. The minimum atomic E-state index is -4.92. The summed E-state index contributed by atoms with van der Waals surface area (Å²) in [6.07, 6.45) is -13.1. The summed E-state index contributed by atoms with van der Waals surface area (Å²) in [6, 6.07) is 3.98. The Morgan fingerprint density at radius 2 is 1.79 bits per heavy atom. The van der Waals surface area contributed by atoms with E-state index in [0.717, 1.165) is 0 Å². The van der Waals surface area contributed by atoms with E-state index in [1.54, 1.807) is 19.1 Å². The van der Waals surface area contributed by atoms with Crippen LogP contribution in [0.5, 0.6) is 0 Å². The molecule has 1 aromatic carbocycles. The van der Waals surface area contributed by atoms with Crippen LogP contribution in [-0.2, 0) is 9.59 Å². The Bertz CT molecular complexity index is 1230. The van der Waals surface area contributed by atoms with Crippen molar-refractivity contribution in [2.45, 2.75) is 82.1 Å². The number of aromatic nitrogens is 2. The summed E-state index contributed by atoms with van der Waals surface area (Å²) in [7, 11) is 0. The molecule has 0 aliphatic heterocycles. The molecular formula is C25H28F8N4O2.